The van der Waals surface area contributed by atoms with Crippen molar-refractivity contribution in [2.45, 2.75) is 64.9 Å². The Labute approximate surface area is 123 Å². The summed E-state index contributed by atoms with van der Waals surface area (Å²) < 4.78 is 4.70. The Hall–Kier alpha value is -0.570. The minimum absolute atomic E-state index is 0.0731. The minimum atomic E-state index is -0.0943. The fourth-order valence-electron chi connectivity index (χ4n) is 4.70. The molecule has 0 aromatic carbocycles. The van der Waals surface area contributed by atoms with Crippen LogP contribution in [0, 0.1) is 29.6 Å². The van der Waals surface area contributed by atoms with Crippen LogP contribution in [0.25, 0.3) is 0 Å². The van der Waals surface area contributed by atoms with Gasteiger partial charge in [0.1, 0.15) is 0 Å². The Bertz CT molecular complexity index is 328. The van der Waals surface area contributed by atoms with Crippen molar-refractivity contribution in [3.63, 3.8) is 0 Å². The largest absolute Gasteiger partial charge is 0.469 e. The van der Waals surface area contributed by atoms with Gasteiger partial charge in [-0.3, -0.25) is 4.79 Å². The molecule has 1 N–H and O–H groups in total. The zero-order valence-corrected chi connectivity index (χ0v) is 13.2. The highest BCUT2D eigenvalue weighted by molar-refractivity contribution is 5.68. The summed E-state index contributed by atoms with van der Waals surface area (Å²) in [7, 11) is 1.46. The highest BCUT2D eigenvalue weighted by Gasteiger charge is 2.45. The normalized spacial score (nSPS) is 38.3. The van der Waals surface area contributed by atoms with E-state index < -0.39 is 0 Å². The molecule has 6 atom stereocenters. The fraction of sp³-hybridized carbons (Fsp3) is 0.941. The van der Waals surface area contributed by atoms with E-state index in [1.807, 2.05) is 0 Å². The van der Waals surface area contributed by atoms with Crippen LogP contribution < -0.4 is 0 Å². The lowest BCUT2D eigenvalue weighted by Crippen LogP contribution is -2.35. The van der Waals surface area contributed by atoms with Crippen molar-refractivity contribution in [2.24, 2.45) is 29.6 Å². The number of aliphatic hydroxyl groups excluding tert-OH is 1. The van der Waals surface area contributed by atoms with Gasteiger partial charge in [-0.05, 0) is 68.1 Å². The SMILES string of the molecule is COC(=O)CCCC(C)[C@H]1CC[C@@H]2C1C[C@@H](C)C[C@H]2O. The predicted octanol–water partition coefficient (Wildman–Crippen LogP) is 3.40. The van der Waals surface area contributed by atoms with Crippen LogP contribution in [0.1, 0.15) is 58.8 Å². The van der Waals surface area contributed by atoms with Crippen molar-refractivity contribution in [3.8, 4) is 0 Å². The minimum Gasteiger partial charge on any atom is -0.469 e. The van der Waals surface area contributed by atoms with Gasteiger partial charge in [-0.2, -0.15) is 0 Å². The number of methoxy groups -OCH3 is 1. The average molecular weight is 282 g/mol. The number of hydrogen-bond acceptors (Lipinski definition) is 3. The molecule has 2 rings (SSSR count). The molecule has 116 valence electrons. The first-order valence-corrected chi connectivity index (χ1v) is 8.27. The lowest BCUT2D eigenvalue weighted by molar-refractivity contribution is -0.140. The van der Waals surface area contributed by atoms with Crippen LogP contribution in [0.4, 0.5) is 0 Å². The Kier molecular flexibility index (Phi) is 5.48. The molecule has 0 aliphatic heterocycles. The third kappa shape index (κ3) is 3.55. The van der Waals surface area contributed by atoms with Crippen LogP contribution >= 0.6 is 0 Å². The molecule has 20 heavy (non-hydrogen) atoms. The van der Waals surface area contributed by atoms with E-state index in [9.17, 15) is 9.90 Å². The van der Waals surface area contributed by atoms with E-state index in [4.69, 9.17) is 4.74 Å². The number of carbonyl (C=O) groups excluding carboxylic acids is 1. The van der Waals surface area contributed by atoms with E-state index in [0.29, 0.717) is 30.1 Å². The van der Waals surface area contributed by atoms with Crippen molar-refractivity contribution in [2.75, 3.05) is 7.11 Å². The van der Waals surface area contributed by atoms with Gasteiger partial charge in [0.05, 0.1) is 13.2 Å². The highest BCUT2D eigenvalue weighted by atomic mass is 16.5. The molecule has 3 heteroatoms. The predicted molar refractivity (Wildman–Crippen MR) is 79.1 cm³/mol. The highest BCUT2D eigenvalue weighted by Crippen LogP contribution is 2.50. The molecule has 3 nitrogen and oxygen atoms in total. The fourth-order valence-corrected chi connectivity index (χ4v) is 4.70. The van der Waals surface area contributed by atoms with Gasteiger partial charge in [-0.1, -0.05) is 13.8 Å². The average Bonchev–Trinajstić information content (AvgIpc) is 2.82. The van der Waals surface area contributed by atoms with Crippen LogP contribution in [-0.4, -0.2) is 24.3 Å². The summed E-state index contributed by atoms with van der Waals surface area (Å²) in [6.07, 6.45) is 7.24. The van der Waals surface area contributed by atoms with Crippen molar-refractivity contribution >= 4 is 5.97 Å². The van der Waals surface area contributed by atoms with E-state index >= 15 is 0 Å². The summed E-state index contributed by atoms with van der Waals surface area (Å²) >= 11 is 0. The van der Waals surface area contributed by atoms with Crippen LogP contribution in [0.15, 0.2) is 0 Å². The standard InChI is InChI=1S/C17H30O3/c1-11-9-15-13(7-8-14(15)16(18)10-11)12(2)5-4-6-17(19)20-3/h11-16,18H,4-10H2,1-3H3/t11-,12?,13-,14-,15?,16-/m1/s1. The van der Waals surface area contributed by atoms with Gasteiger partial charge < -0.3 is 9.84 Å². The topological polar surface area (TPSA) is 46.5 Å². The number of rotatable bonds is 5. The maximum atomic E-state index is 11.2. The monoisotopic (exact) mass is 282 g/mol. The van der Waals surface area contributed by atoms with Crippen molar-refractivity contribution in [1.29, 1.82) is 0 Å². The second-order valence-corrected chi connectivity index (χ2v) is 7.16. The van der Waals surface area contributed by atoms with Gasteiger partial charge in [-0.25, -0.2) is 0 Å². The van der Waals surface area contributed by atoms with E-state index in [1.54, 1.807) is 0 Å². The zero-order chi connectivity index (χ0) is 14.7. The molecule has 2 aliphatic rings. The van der Waals surface area contributed by atoms with Crippen LogP contribution in [0.5, 0.6) is 0 Å². The lowest BCUT2D eigenvalue weighted by Gasteiger charge is -2.38. The number of carbonyl (C=O) groups is 1. The molecule has 0 amide bonds. The van der Waals surface area contributed by atoms with Crippen LogP contribution in [0.2, 0.25) is 0 Å². The number of fused-ring (bicyclic) bond motifs is 1. The van der Waals surface area contributed by atoms with Gasteiger partial charge in [0.25, 0.3) is 0 Å². The molecule has 2 fully saturated rings. The Balaban J connectivity index is 1.84. The molecule has 0 saturated heterocycles. The second-order valence-electron chi connectivity index (χ2n) is 7.16. The van der Waals surface area contributed by atoms with Crippen molar-refractivity contribution in [1.82, 2.24) is 0 Å². The zero-order valence-electron chi connectivity index (χ0n) is 13.2. The first kappa shape index (κ1) is 15.8. The summed E-state index contributed by atoms with van der Waals surface area (Å²) in [6, 6.07) is 0. The summed E-state index contributed by atoms with van der Waals surface area (Å²) in [5.74, 6) is 3.22. The third-order valence-electron chi connectivity index (χ3n) is 5.74. The summed E-state index contributed by atoms with van der Waals surface area (Å²) in [4.78, 5) is 11.2. The maximum absolute atomic E-state index is 11.2. The molecular formula is C17H30O3. The Morgan fingerprint density at radius 3 is 2.75 bits per heavy atom. The maximum Gasteiger partial charge on any atom is 0.305 e. The summed E-state index contributed by atoms with van der Waals surface area (Å²) in [6.45, 7) is 4.60. The first-order chi connectivity index (χ1) is 9.52. The molecular weight excluding hydrogens is 252 g/mol. The third-order valence-corrected chi connectivity index (χ3v) is 5.74. The van der Waals surface area contributed by atoms with E-state index in [-0.39, 0.29) is 12.1 Å². The van der Waals surface area contributed by atoms with Crippen molar-refractivity contribution < 1.29 is 14.6 Å². The quantitative estimate of drug-likeness (QED) is 0.786. The molecule has 0 aromatic rings. The van der Waals surface area contributed by atoms with E-state index in [2.05, 4.69) is 13.8 Å². The molecule has 0 aromatic heterocycles. The molecule has 0 spiro atoms. The van der Waals surface area contributed by atoms with E-state index in [1.165, 1.54) is 26.4 Å². The molecule has 2 aliphatic carbocycles. The molecule has 0 radical (unpaired) electrons. The van der Waals surface area contributed by atoms with E-state index in [0.717, 1.165) is 25.2 Å². The van der Waals surface area contributed by atoms with Crippen molar-refractivity contribution in [3.05, 3.63) is 0 Å². The van der Waals surface area contributed by atoms with Gasteiger partial charge in [0, 0.05) is 6.42 Å². The number of hydrogen-bond donors (Lipinski definition) is 1. The summed E-state index contributed by atoms with van der Waals surface area (Å²) in [5, 5.41) is 10.3. The summed E-state index contributed by atoms with van der Waals surface area (Å²) in [5.41, 5.74) is 0. The van der Waals surface area contributed by atoms with Gasteiger partial charge >= 0.3 is 5.97 Å². The molecule has 2 saturated carbocycles. The van der Waals surface area contributed by atoms with Gasteiger partial charge in [0.2, 0.25) is 0 Å². The number of ether oxygens (including phenoxy) is 1. The first-order valence-electron chi connectivity index (χ1n) is 8.27. The van der Waals surface area contributed by atoms with Crippen LogP contribution in [0.3, 0.4) is 0 Å². The number of esters is 1. The number of aliphatic hydroxyl groups is 1. The Morgan fingerprint density at radius 1 is 1.30 bits per heavy atom. The van der Waals surface area contributed by atoms with Gasteiger partial charge in [0.15, 0.2) is 0 Å². The van der Waals surface area contributed by atoms with Crippen LogP contribution in [-0.2, 0) is 9.53 Å². The van der Waals surface area contributed by atoms with Gasteiger partial charge in [-0.15, -0.1) is 0 Å². The Morgan fingerprint density at radius 2 is 2.05 bits per heavy atom. The lowest BCUT2D eigenvalue weighted by atomic mass is 9.69. The second kappa shape index (κ2) is 6.93. The molecule has 2 unspecified atom stereocenters. The molecule has 0 heterocycles. The smallest absolute Gasteiger partial charge is 0.305 e. The molecule has 0 bridgehead atoms.